The first-order valence-corrected chi connectivity index (χ1v) is 8.00. The van der Waals surface area contributed by atoms with E-state index in [1.54, 1.807) is 19.1 Å². The van der Waals surface area contributed by atoms with E-state index in [0.29, 0.717) is 15.7 Å². The van der Waals surface area contributed by atoms with Crippen LogP contribution in [0.15, 0.2) is 45.3 Å². The number of nitrogens with zero attached hydrogens (tertiary/aromatic N) is 1. The topological polar surface area (TPSA) is 130 Å². The summed E-state index contributed by atoms with van der Waals surface area (Å²) < 4.78 is 1.44. The zero-order valence-electron chi connectivity index (χ0n) is 12.4. The van der Waals surface area contributed by atoms with Gasteiger partial charge >= 0.3 is 0 Å². The molecular formula is C15H13Br2N3O4. The van der Waals surface area contributed by atoms with Gasteiger partial charge in [0.15, 0.2) is 0 Å². The third-order valence-corrected chi connectivity index (χ3v) is 3.86. The molecule has 0 radical (unpaired) electrons. The van der Waals surface area contributed by atoms with Gasteiger partial charge < -0.3 is 16.2 Å². The van der Waals surface area contributed by atoms with E-state index in [0.717, 1.165) is 4.47 Å². The van der Waals surface area contributed by atoms with E-state index >= 15 is 0 Å². The third-order valence-electron chi connectivity index (χ3n) is 2.79. The third kappa shape index (κ3) is 5.43. The molecule has 0 atom stereocenters. The average molecular weight is 459 g/mol. The standard InChI is InChI=1S/C8H7Br2NO.C7H6N2O3/c1-4(11)6-2-5(9)3-7(10)8(6)12;8-7(10)5-1-3-6(4-2-5)9(11)12/h2-3,11-12H,1H3;1-4H,(H2,8,10). The van der Waals surface area contributed by atoms with Crippen molar-refractivity contribution in [2.45, 2.75) is 6.92 Å². The smallest absolute Gasteiger partial charge is 0.269 e. The number of aromatic hydroxyl groups is 1. The molecule has 1 amide bonds. The van der Waals surface area contributed by atoms with E-state index in [-0.39, 0.29) is 17.0 Å². The molecule has 0 unspecified atom stereocenters. The van der Waals surface area contributed by atoms with Gasteiger partial charge in [-0.3, -0.25) is 14.9 Å². The summed E-state index contributed by atoms with van der Waals surface area (Å²) in [7, 11) is 0. The Morgan fingerprint density at radius 1 is 1.25 bits per heavy atom. The molecular weight excluding hydrogens is 446 g/mol. The maximum Gasteiger partial charge on any atom is 0.269 e. The summed E-state index contributed by atoms with van der Waals surface area (Å²) in [5.41, 5.74) is 6.02. The van der Waals surface area contributed by atoms with Crippen LogP contribution in [0.3, 0.4) is 0 Å². The largest absolute Gasteiger partial charge is 0.506 e. The fourth-order valence-corrected chi connectivity index (χ4v) is 2.82. The highest BCUT2D eigenvalue weighted by molar-refractivity contribution is 9.11. The normalized spacial score (nSPS) is 9.62. The molecule has 0 aliphatic rings. The number of non-ortho nitro benzene ring substituents is 1. The number of nitro benzene ring substituents is 1. The van der Waals surface area contributed by atoms with E-state index < -0.39 is 10.8 Å². The monoisotopic (exact) mass is 457 g/mol. The maximum absolute atomic E-state index is 10.5. The number of benzene rings is 2. The second-order valence-corrected chi connectivity index (χ2v) is 6.35. The second-order valence-electron chi connectivity index (χ2n) is 4.58. The Bertz CT molecular complexity index is 759. The van der Waals surface area contributed by atoms with Crippen molar-refractivity contribution in [3.63, 3.8) is 0 Å². The van der Waals surface area contributed by atoms with Gasteiger partial charge in [-0.2, -0.15) is 0 Å². The Hall–Kier alpha value is -2.26. The Labute approximate surface area is 154 Å². The highest BCUT2D eigenvalue weighted by atomic mass is 79.9. The number of hydrogen-bond donors (Lipinski definition) is 3. The first kappa shape index (κ1) is 19.8. The van der Waals surface area contributed by atoms with Gasteiger partial charge in [-0.25, -0.2) is 0 Å². The van der Waals surface area contributed by atoms with Crippen molar-refractivity contribution < 1.29 is 14.8 Å². The summed E-state index contributed by atoms with van der Waals surface area (Å²) >= 11 is 6.47. The van der Waals surface area contributed by atoms with Gasteiger partial charge in [-0.15, -0.1) is 0 Å². The van der Waals surface area contributed by atoms with Crippen molar-refractivity contribution in [3.8, 4) is 5.75 Å². The van der Waals surface area contributed by atoms with Crippen molar-refractivity contribution in [2.75, 3.05) is 0 Å². The Morgan fingerprint density at radius 3 is 2.21 bits per heavy atom. The van der Waals surface area contributed by atoms with Gasteiger partial charge in [0.05, 0.1) is 9.40 Å². The molecule has 7 nitrogen and oxygen atoms in total. The van der Waals surface area contributed by atoms with Crippen LogP contribution in [0, 0.1) is 15.5 Å². The molecule has 0 fully saturated rings. The lowest BCUT2D eigenvalue weighted by Crippen LogP contribution is -2.10. The Morgan fingerprint density at radius 2 is 1.79 bits per heavy atom. The van der Waals surface area contributed by atoms with Crippen LogP contribution in [0.2, 0.25) is 0 Å². The highest BCUT2D eigenvalue weighted by Gasteiger charge is 2.08. The van der Waals surface area contributed by atoms with Crippen LogP contribution in [0.25, 0.3) is 0 Å². The molecule has 4 N–H and O–H groups in total. The number of phenols is 1. The van der Waals surface area contributed by atoms with Crippen LogP contribution in [0.5, 0.6) is 5.75 Å². The molecule has 0 heterocycles. The van der Waals surface area contributed by atoms with Crippen molar-refractivity contribution in [1.29, 1.82) is 5.41 Å². The predicted molar refractivity (Wildman–Crippen MR) is 97.6 cm³/mol. The molecule has 126 valence electrons. The average Bonchev–Trinajstić information content (AvgIpc) is 2.51. The minimum Gasteiger partial charge on any atom is -0.506 e. The lowest BCUT2D eigenvalue weighted by atomic mass is 10.1. The van der Waals surface area contributed by atoms with Crippen LogP contribution < -0.4 is 5.73 Å². The summed E-state index contributed by atoms with van der Waals surface area (Å²) in [6.07, 6.45) is 0. The van der Waals surface area contributed by atoms with E-state index in [4.69, 9.17) is 11.1 Å². The number of carbonyl (C=O) groups excluding carboxylic acids is 1. The van der Waals surface area contributed by atoms with Gasteiger partial charge in [-0.05, 0) is 47.1 Å². The Balaban J connectivity index is 0.000000240. The predicted octanol–water partition coefficient (Wildman–Crippen LogP) is 4.00. The lowest BCUT2D eigenvalue weighted by molar-refractivity contribution is -0.384. The molecule has 24 heavy (non-hydrogen) atoms. The van der Waals surface area contributed by atoms with Gasteiger partial charge in [-0.1, -0.05) is 15.9 Å². The van der Waals surface area contributed by atoms with Crippen molar-refractivity contribution in [2.24, 2.45) is 5.73 Å². The fraction of sp³-hybridized carbons (Fsp3) is 0.0667. The highest BCUT2D eigenvalue weighted by Crippen LogP contribution is 2.31. The molecule has 0 aliphatic heterocycles. The van der Waals surface area contributed by atoms with E-state index in [1.807, 2.05) is 0 Å². The number of carbonyl (C=O) groups is 1. The van der Waals surface area contributed by atoms with Crippen molar-refractivity contribution in [3.05, 3.63) is 66.6 Å². The Kier molecular flexibility index (Phi) is 7.05. The molecule has 0 spiro atoms. The maximum atomic E-state index is 10.5. The molecule has 9 heteroatoms. The van der Waals surface area contributed by atoms with E-state index in [1.165, 1.54) is 24.3 Å². The van der Waals surface area contributed by atoms with Gasteiger partial charge in [0.2, 0.25) is 5.91 Å². The number of primary amides is 1. The van der Waals surface area contributed by atoms with Gasteiger partial charge in [0, 0.05) is 33.4 Å². The molecule has 0 aliphatic carbocycles. The van der Waals surface area contributed by atoms with Crippen molar-refractivity contribution >= 4 is 49.2 Å². The molecule has 0 saturated heterocycles. The number of phenolic OH excluding ortho intramolecular Hbond substituents is 1. The fourth-order valence-electron chi connectivity index (χ4n) is 1.60. The molecule has 0 bridgehead atoms. The van der Waals surface area contributed by atoms with Crippen LogP contribution in [-0.2, 0) is 0 Å². The summed E-state index contributed by atoms with van der Waals surface area (Å²) in [4.78, 5) is 20.2. The number of halogens is 2. The summed E-state index contributed by atoms with van der Waals surface area (Å²) in [6.45, 7) is 1.63. The van der Waals surface area contributed by atoms with Crippen LogP contribution in [0.4, 0.5) is 5.69 Å². The quantitative estimate of drug-likeness (QED) is 0.364. The van der Waals surface area contributed by atoms with Crippen LogP contribution >= 0.6 is 31.9 Å². The number of nitrogens with two attached hydrogens (primary N) is 1. The number of rotatable bonds is 3. The minimum absolute atomic E-state index is 0.0556. The van der Waals surface area contributed by atoms with Crippen LogP contribution in [0.1, 0.15) is 22.8 Å². The molecule has 0 saturated carbocycles. The summed E-state index contributed by atoms with van der Waals surface area (Å²) in [5, 5.41) is 27.0. The number of amides is 1. The first-order chi connectivity index (χ1) is 11.1. The van der Waals surface area contributed by atoms with E-state index in [2.05, 4.69) is 31.9 Å². The van der Waals surface area contributed by atoms with Gasteiger partial charge in [0.1, 0.15) is 5.75 Å². The zero-order chi connectivity index (χ0) is 18.4. The number of hydrogen-bond acceptors (Lipinski definition) is 5. The SMILES string of the molecule is CC(=N)c1cc(Br)cc(Br)c1O.NC(=O)c1ccc([N+](=O)[O-])cc1. The first-order valence-electron chi connectivity index (χ1n) is 6.41. The van der Waals surface area contributed by atoms with E-state index in [9.17, 15) is 20.0 Å². The second kappa shape index (κ2) is 8.55. The number of nitro groups is 1. The lowest BCUT2D eigenvalue weighted by Gasteiger charge is -2.04. The summed E-state index contributed by atoms with van der Waals surface area (Å²) in [5.74, 6) is -0.476. The minimum atomic E-state index is -0.593. The molecule has 2 aromatic rings. The molecule has 2 aromatic carbocycles. The molecule has 2 rings (SSSR count). The zero-order valence-corrected chi connectivity index (χ0v) is 15.6. The summed E-state index contributed by atoms with van der Waals surface area (Å²) in [6, 6.07) is 8.56. The molecule has 0 aromatic heterocycles. The number of nitrogens with one attached hydrogen (secondary N) is 1. The van der Waals surface area contributed by atoms with Crippen molar-refractivity contribution in [1.82, 2.24) is 0 Å². The van der Waals surface area contributed by atoms with Gasteiger partial charge in [0.25, 0.3) is 5.69 Å². The van der Waals surface area contributed by atoms with Crippen LogP contribution in [-0.4, -0.2) is 21.6 Å².